The highest BCUT2D eigenvalue weighted by atomic mass is 16.3. The van der Waals surface area contributed by atoms with E-state index < -0.39 is 0 Å². The van der Waals surface area contributed by atoms with E-state index in [2.05, 4.69) is 37.2 Å². The minimum absolute atomic E-state index is 0.0721. The molecule has 1 fully saturated rings. The summed E-state index contributed by atoms with van der Waals surface area (Å²) in [4.78, 5) is 4.09. The van der Waals surface area contributed by atoms with E-state index in [1.807, 2.05) is 6.33 Å². The van der Waals surface area contributed by atoms with E-state index in [-0.39, 0.29) is 17.4 Å². The Balaban J connectivity index is 2.36. The molecule has 14 heavy (non-hydrogen) atoms. The molecule has 0 saturated heterocycles. The fraction of sp³-hybridized carbons (Fsp3) is 0.727. The van der Waals surface area contributed by atoms with E-state index >= 15 is 0 Å². The lowest BCUT2D eigenvalue weighted by Gasteiger charge is -2.07. The fourth-order valence-corrected chi connectivity index (χ4v) is 2.54. The van der Waals surface area contributed by atoms with Crippen LogP contribution in [0.4, 0.5) is 0 Å². The monoisotopic (exact) mass is 194 g/mol. The van der Waals surface area contributed by atoms with Gasteiger partial charge in [0.25, 0.3) is 0 Å². The van der Waals surface area contributed by atoms with Gasteiger partial charge in [-0.2, -0.15) is 0 Å². The van der Waals surface area contributed by atoms with E-state index in [4.69, 9.17) is 5.11 Å². The molecule has 1 aromatic rings. The predicted octanol–water partition coefficient (Wildman–Crippen LogP) is 1.98. The summed E-state index contributed by atoms with van der Waals surface area (Å²) in [6, 6.07) is 0.458. The van der Waals surface area contributed by atoms with Gasteiger partial charge in [-0.05, 0) is 10.8 Å². The third kappa shape index (κ3) is 0.989. The van der Waals surface area contributed by atoms with Gasteiger partial charge >= 0.3 is 0 Å². The van der Waals surface area contributed by atoms with Gasteiger partial charge in [0.2, 0.25) is 0 Å². The average molecular weight is 194 g/mol. The second-order valence-corrected chi connectivity index (χ2v) is 5.30. The molecule has 1 heterocycles. The molecule has 3 heteroatoms. The summed E-state index contributed by atoms with van der Waals surface area (Å²) in [7, 11) is 0. The minimum Gasteiger partial charge on any atom is -0.390 e. The quantitative estimate of drug-likeness (QED) is 0.781. The second kappa shape index (κ2) is 2.60. The van der Waals surface area contributed by atoms with Crippen LogP contribution in [0.25, 0.3) is 0 Å². The van der Waals surface area contributed by atoms with Gasteiger partial charge in [-0.15, -0.1) is 0 Å². The average Bonchev–Trinajstić information content (AvgIpc) is 2.51. The summed E-state index contributed by atoms with van der Waals surface area (Å²) in [5.74, 6) is 0. The van der Waals surface area contributed by atoms with Crippen LogP contribution in [0.2, 0.25) is 0 Å². The zero-order chi connectivity index (χ0) is 10.6. The first-order chi connectivity index (χ1) is 6.43. The molecule has 0 unspecified atom stereocenters. The summed E-state index contributed by atoms with van der Waals surface area (Å²) in [6.07, 6.45) is 3.57. The Morgan fingerprint density at radius 3 is 2.36 bits per heavy atom. The van der Waals surface area contributed by atoms with Crippen molar-refractivity contribution in [2.75, 3.05) is 0 Å². The summed E-state index contributed by atoms with van der Waals surface area (Å²) in [5, 5.41) is 9.16. The molecule has 1 aromatic heterocycles. The Labute approximate surface area is 84.8 Å². The van der Waals surface area contributed by atoms with Crippen molar-refractivity contribution < 1.29 is 5.11 Å². The van der Waals surface area contributed by atoms with Crippen LogP contribution < -0.4 is 0 Å². The van der Waals surface area contributed by atoms with Crippen LogP contribution in [-0.4, -0.2) is 14.7 Å². The van der Waals surface area contributed by atoms with Crippen molar-refractivity contribution in [3.8, 4) is 0 Å². The van der Waals surface area contributed by atoms with Crippen LogP contribution in [-0.2, 0) is 6.61 Å². The highest BCUT2D eigenvalue weighted by Crippen LogP contribution is 2.71. The van der Waals surface area contributed by atoms with Gasteiger partial charge in [0.05, 0.1) is 24.8 Å². The molecule has 1 aliphatic rings. The van der Waals surface area contributed by atoms with E-state index in [0.29, 0.717) is 6.04 Å². The smallest absolute Gasteiger partial charge is 0.0951 e. The van der Waals surface area contributed by atoms with Gasteiger partial charge in [0, 0.05) is 6.04 Å². The van der Waals surface area contributed by atoms with Crippen molar-refractivity contribution in [1.29, 1.82) is 0 Å². The SMILES string of the molecule is CC1(C)C(n2cncc2CO)C1(C)C. The maximum atomic E-state index is 9.16. The van der Waals surface area contributed by atoms with Crippen LogP contribution in [0.1, 0.15) is 39.4 Å². The van der Waals surface area contributed by atoms with E-state index in [1.165, 1.54) is 0 Å². The maximum Gasteiger partial charge on any atom is 0.0951 e. The Morgan fingerprint density at radius 1 is 1.36 bits per heavy atom. The summed E-state index contributed by atoms with van der Waals surface area (Å²) in [5.41, 5.74) is 1.49. The molecule has 0 atom stereocenters. The standard InChI is InChI=1S/C11H18N2O/c1-10(2)9(11(10,3)4)13-7-12-5-8(13)6-14/h5,7,9,14H,6H2,1-4H3. The van der Waals surface area contributed by atoms with Crippen LogP contribution >= 0.6 is 0 Å². The molecule has 0 bridgehead atoms. The van der Waals surface area contributed by atoms with Gasteiger partial charge in [-0.25, -0.2) is 4.98 Å². The van der Waals surface area contributed by atoms with Gasteiger partial charge in [-0.3, -0.25) is 0 Å². The van der Waals surface area contributed by atoms with Gasteiger partial charge in [0.15, 0.2) is 0 Å². The number of rotatable bonds is 2. The predicted molar refractivity (Wildman–Crippen MR) is 54.7 cm³/mol. The van der Waals surface area contributed by atoms with Crippen LogP contribution in [0.15, 0.2) is 12.5 Å². The third-order valence-electron chi connectivity index (χ3n) is 4.13. The summed E-state index contributed by atoms with van der Waals surface area (Å²) < 4.78 is 2.11. The lowest BCUT2D eigenvalue weighted by Crippen LogP contribution is -2.03. The molecule has 1 N–H and O–H groups in total. The Bertz CT molecular complexity index is 338. The third-order valence-corrected chi connectivity index (χ3v) is 4.13. The summed E-state index contributed by atoms with van der Waals surface area (Å²) >= 11 is 0. The molecule has 3 nitrogen and oxygen atoms in total. The molecule has 0 radical (unpaired) electrons. The van der Waals surface area contributed by atoms with E-state index in [9.17, 15) is 0 Å². The van der Waals surface area contributed by atoms with Crippen molar-refractivity contribution in [3.05, 3.63) is 18.2 Å². The van der Waals surface area contributed by atoms with Crippen LogP contribution in [0.5, 0.6) is 0 Å². The molecule has 2 rings (SSSR count). The summed E-state index contributed by atoms with van der Waals surface area (Å²) in [6.45, 7) is 9.12. The molecule has 0 aromatic carbocycles. The second-order valence-electron chi connectivity index (χ2n) is 5.30. The topological polar surface area (TPSA) is 38.0 Å². The van der Waals surface area contributed by atoms with Crippen molar-refractivity contribution in [2.24, 2.45) is 10.8 Å². The molecule has 78 valence electrons. The maximum absolute atomic E-state index is 9.16. The van der Waals surface area contributed by atoms with Crippen molar-refractivity contribution in [2.45, 2.75) is 40.3 Å². The van der Waals surface area contributed by atoms with Gasteiger partial charge < -0.3 is 9.67 Å². The molecule has 1 saturated carbocycles. The number of aliphatic hydroxyl groups is 1. The fourth-order valence-electron chi connectivity index (χ4n) is 2.54. The molecule has 0 amide bonds. The van der Waals surface area contributed by atoms with Crippen molar-refractivity contribution in [3.63, 3.8) is 0 Å². The molecule has 0 spiro atoms. The first kappa shape index (κ1) is 9.71. The number of nitrogens with zero attached hydrogens (tertiary/aromatic N) is 2. The largest absolute Gasteiger partial charge is 0.390 e. The van der Waals surface area contributed by atoms with Gasteiger partial charge in [0.1, 0.15) is 0 Å². The normalized spacial score (nSPS) is 23.8. The number of imidazole rings is 1. The lowest BCUT2D eigenvalue weighted by molar-refractivity contribution is 0.268. The van der Waals surface area contributed by atoms with Crippen molar-refractivity contribution >= 4 is 0 Å². The van der Waals surface area contributed by atoms with Crippen LogP contribution in [0.3, 0.4) is 0 Å². The number of hydrogen-bond donors (Lipinski definition) is 1. The number of aromatic nitrogens is 2. The number of aliphatic hydroxyl groups excluding tert-OH is 1. The first-order valence-electron chi connectivity index (χ1n) is 5.04. The highest BCUT2D eigenvalue weighted by Gasteiger charge is 2.66. The molecular formula is C11H18N2O. The zero-order valence-corrected chi connectivity index (χ0v) is 9.28. The van der Waals surface area contributed by atoms with Crippen LogP contribution in [0, 0.1) is 10.8 Å². The highest BCUT2D eigenvalue weighted by molar-refractivity contribution is 5.19. The van der Waals surface area contributed by atoms with Crippen molar-refractivity contribution in [1.82, 2.24) is 9.55 Å². The first-order valence-corrected chi connectivity index (χ1v) is 5.04. The Hall–Kier alpha value is -0.830. The van der Waals surface area contributed by atoms with Gasteiger partial charge in [-0.1, -0.05) is 27.7 Å². The molecule has 0 aliphatic heterocycles. The zero-order valence-electron chi connectivity index (χ0n) is 9.28. The number of hydrogen-bond acceptors (Lipinski definition) is 2. The Kier molecular flexibility index (Phi) is 1.80. The lowest BCUT2D eigenvalue weighted by atomic mass is 10.0. The Morgan fingerprint density at radius 2 is 1.93 bits per heavy atom. The molecule has 1 aliphatic carbocycles. The minimum atomic E-state index is 0.0721. The van der Waals surface area contributed by atoms with E-state index in [0.717, 1.165) is 5.69 Å². The molecular weight excluding hydrogens is 176 g/mol. The van der Waals surface area contributed by atoms with E-state index in [1.54, 1.807) is 6.20 Å².